The number of aromatic nitrogens is 4. The van der Waals surface area contributed by atoms with Crippen LogP contribution >= 0.6 is 0 Å². The number of nitrogens with zero attached hydrogens (tertiary/aromatic N) is 5. The Bertz CT molecular complexity index is 1170. The van der Waals surface area contributed by atoms with Crippen LogP contribution in [0.1, 0.15) is 17.0 Å². The molecule has 0 aliphatic rings. The number of para-hydroxylation sites is 1. The summed E-state index contributed by atoms with van der Waals surface area (Å²) < 4.78 is 82.0. The minimum absolute atomic E-state index is 0.0685. The molecule has 2 aromatic heterocycles. The molecular formula is C21H18F6N6O. The number of hydrogen-bond donors (Lipinski definition) is 1. The maximum atomic E-state index is 13.2. The van der Waals surface area contributed by atoms with Gasteiger partial charge < -0.3 is 9.64 Å². The highest BCUT2D eigenvalue weighted by atomic mass is 19.4. The summed E-state index contributed by atoms with van der Waals surface area (Å²) in [6.07, 6.45) is -6.39. The molecule has 0 atom stereocenters. The molecule has 0 amide bonds. The SMILES string of the molecule is C=N/C(=C\N(C)Cc1ccccc1OCC(F)(F)F)c1cc(-c2n[nH]nc2C(F)(F)F)ccn1. The minimum Gasteiger partial charge on any atom is -0.484 e. The lowest BCUT2D eigenvalue weighted by molar-refractivity contribution is -0.153. The Morgan fingerprint density at radius 2 is 1.88 bits per heavy atom. The third-order valence-corrected chi connectivity index (χ3v) is 4.41. The van der Waals surface area contributed by atoms with E-state index in [0.29, 0.717) is 5.56 Å². The number of nitrogens with one attached hydrogen (secondary N) is 1. The summed E-state index contributed by atoms with van der Waals surface area (Å²) in [6.45, 7) is 2.19. The molecule has 3 rings (SSSR count). The summed E-state index contributed by atoms with van der Waals surface area (Å²) in [5, 5.41) is 8.73. The first kappa shape index (κ1) is 24.7. The summed E-state index contributed by atoms with van der Waals surface area (Å²) in [6, 6.07) is 8.93. The van der Waals surface area contributed by atoms with E-state index in [0.717, 1.165) is 0 Å². The smallest absolute Gasteiger partial charge is 0.437 e. The van der Waals surface area contributed by atoms with Crippen molar-refractivity contribution >= 4 is 12.4 Å². The molecule has 0 aliphatic heterocycles. The van der Waals surface area contributed by atoms with Crippen molar-refractivity contribution in [2.75, 3.05) is 13.7 Å². The molecule has 0 saturated heterocycles. The molecular weight excluding hydrogens is 466 g/mol. The fourth-order valence-electron chi connectivity index (χ4n) is 2.99. The normalized spacial score (nSPS) is 12.5. The zero-order chi connectivity index (χ0) is 24.9. The molecule has 0 fully saturated rings. The predicted octanol–water partition coefficient (Wildman–Crippen LogP) is 4.96. The molecule has 13 heteroatoms. The standard InChI is InChI=1S/C21H18F6N6O/c1-28-16(11-33(2)10-14-5-3-4-6-17(14)34-12-20(22,23)24)15-9-13(7-8-29-15)18-19(21(25,26)27)31-32-30-18/h3-9,11H,1,10,12H2,2H3,(H,30,31,32)/b16-11-. The van der Waals surface area contributed by atoms with Gasteiger partial charge in [-0.2, -0.15) is 41.8 Å². The van der Waals surface area contributed by atoms with Crippen molar-refractivity contribution in [3.8, 4) is 17.0 Å². The van der Waals surface area contributed by atoms with Gasteiger partial charge in [-0.15, -0.1) is 0 Å². The fourth-order valence-corrected chi connectivity index (χ4v) is 2.99. The summed E-state index contributed by atoms with van der Waals surface area (Å²) in [5.74, 6) is 0.0685. The number of H-pyrrole nitrogens is 1. The number of pyridine rings is 1. The van der Waals surface area contributed by atoms with Gasteiger partial charge in [0.1, 0.15) is 17.1 Å². The molecule has 0 unspecified atom stereocenters. The van der Waals surface area contributed by atoms with E-state index in [1.165, 1.54) is 30.6 Å². The molecule has 0 saturated carbocycles. The second-order valence-corrected chi connectivity index (χ2v) is 7.05. The van der Waals surface area contributed by atoms with Crippen LogP contribution in [0.5, 0.6) is 5.75 Å². The Kier molecular flexibility index (Phi) is 7.23. The van der Waals surface area contributed by atoms with Gasteiger partial charge in [0.2, 0.25) is 0 Å². The van der Waals surface area contributed by atoms with Gasteiger partial charge in [0, 0.05) is 37.1 Å². The van der Waals surface area contributed by atoms with E-state index in [9.17, 15) is 26.3 Å². The van der Waals surface area contributed by atoms with E-state index in [1.807, 2.05) is 5.21 Å². The first-order valence-electron chi connectivity index (χ1n) is 9.59. The van der Waals surface area contributed by atoms with Crippen LogP contribution in [0.25, 0.3) is 17.0 Å². The second kappa shape index (κ2) is 9.93. The Balaban J connectivity index is 1.84. The summed E-state index contributed by atoms with van der Waals surface area (Å²) in [7, 11) is 1.63. The van der Waals surface area contributed by atoms with Gasteiger partial charge in [-0.05, 0) is 24.9 Å². The average molecular weight is 484 g/mol. The number of ether oxygens (including phenoxy) is 1. The lowest BCUT2D eigenvalue weighted by Gasteiger charge is -2.19. The number of rotatable bonds is 8. The monoisotopic (exact) mass is 484 g/mol. The lowest BCUT2D eigenvalue weighted by Crippen LogP contribution is -2.20. The van der Waals surface area contributed by atoms with Crippen LogP contribution in [-0.4, -0.2) is 51.8 Å². The average Bonchev–Trinajstić information content (AvgIpc) is 3.27. The highest BCUT2D eigenvalue weighted by molar-refractivity contribution is 5.70. The van der Waals surface area contributed by atoms with Crippen LogP contribution in [0.2, 0.25) is 0 Å². The van der Waals surface area contributed by atoms with Crippen LogP contribution in [0, 0.1) is 0 Å². The van der Waals surface area contributed by atoms with Gasteiger partial charge in [-0.1, -0.05) is 18.2 Å². The number of halogens is 6. The third kappa shape index (κ3) is 6.33. The van der Waals surface area contributed by atoms with E-state index >= 15 is 0 Å². The van der Waals surface area contributed by atoms with Crippen molar-refractivity contribution < 1.29 is 31.1 Å². The van der Waals surface area contributed by atoms with Gasteiger partial charge in [-0.3, -0.25) is 9.98 Å². The Morgan fingerprint density at radius 3 is 2.56 bits per heavy atom. The highest BCUT2D eigenvalue weighted by Gasteiger charge is 2.38. The minimum atomic E-state index is -4.71. The Morgan fingerprint density at radius 1 is 1.15 bits per heavy atom. The number of benzene rings is 1. The number of aromatic amines is 1. The maximum absolute atomic E-state index is 13.2. The molecule has 0 bridgehead atoms. The molecule has 34 heavy (non-hydrogen) atoms. The topological polar surface area (TPSA) is 79.3 Å². The van der Waals surface area contributed by atoms with Crippen molar-refractivity contribution in [3.05, 3.63) is 65.7 Å². The Hall–Kier alpha value is -3.90. The van der Waals surface area contributed by atoms with Gasteiger partial charge in [0.15, 0.2) is 12.3 Å². The van der Waals surface area contributed by atoms with Crippen LogP contribution in [0.3, 0.4) is 0 Å². The van der Waals surface area contributed by atoms with E-state index in [-0.39, 0.29) is 29.2 Å². The van der Waals surface area contributed by atoms with Crippen LogP contribution in [0.15, 0.2) is 53.8 Å². The third-order valence-electron chi connectivity index (χ3n) is 4.41. The maximum Gasteiger partial charge on any atom is 0.437 e. The van der Waals surface area contributed by atoms with E-state index in [1.54, 1.807) is 30.1 Å². The molecule has 7 nitrogen and oxygen atoms in total. The summed E-state index contributed by atoms with van der Waals surface area (Å²) in [4.78, 5) is 9.62. The summed E-state index contributed by atoms with van der Waals surface area (Å²) >= 11 is 0. The van der Waals surface area contributed by atoms with Crippen molar-refractivity contribution in [2.45, 2.75) is 18.9 Å². The van der Waals surface area contributed by atoms with Crippen molar-refractivity contribution in [1.29, 1.82) is 0 Å². The van der Waals surface area contributed by atoms with Crippen LogP contribution in [0.4, 0.5) is 26.3 Å². The van der Waals surface area contributed by atoms with Crippen molar-refractivity contribution in [3.63, 3.8) is 0 Å². The molecule has 0 radical (unpaired) electrons. The molecule has 180 valence electrons. The number of hydrogen-bond acceptors (Lipinski definition) is 6. The Labute approximate surface area is 189 Å². The molecule has 1 aromatic carbocycles. The van der Waals surface area contributed by atoms with Crippen LogP contribution in [-0.2, 0) is 12.7 Å². The highest BCUT2D eigenvalue weighted by Crippen LogP contribution is 2.34. The van der Waals surface area contributed by atoms with Gasteiger partial charge in [-0.25, -0.2) is 0 Å². The zero-order valence-electron chi connectivity index (χ0n) is 17.7. The van der Waals surface area contributed by atoms with Gasteiger partial charge >= 0.3 is 12.4 Å². The van der Waals surface area contributed by atoms with Crippen LogP contribution < -0.4 is 4.74 Å². The quantitative estimate of drug-likeness (QED) is 0.361. The van der Waals surface area contributed by atoms with Crippen molar-refractivity contribution in [2.24, 2.45) is 4.99 Å². The lowest BCUT2D eigenvalue weighted by atomic mass is 10.1. The molecule has 3 aromatic rings. The van der Waals surface area contributed by atoms with Crippen molar-refractivity contribution in [1.82, 2.24) is 25.3 Å². The van der Waals surface area contributed by atoms with Gasteiger partial charge in [0.05, 0.1) is 5.69 Å². The fraction of sp³-hybridized carbons (Fsp3) is 0.238. The van der Waals surface area contributed by atoms with Gasteiger partial charge in [0.25, 0.3) is 0 Å². The van der Waals surface area contributed by atoms with E-state index in [4.69, 9.17) is 4.74 Å². The number of aliphatic imine (C=N–C) groups is 1. The largest absolute Gasteiger partial charge is 0.484 e. The zero-order valence-corrected chi connectivity index (χ0v) is 17.7. The molecule has 0 spiro atoms. The predicted molar refractivity (Wildman–Crippen MR) is 112 cm³/mol. The van der Waals surface area contributed by atoms with E-state index in [2.05, 4.69) is 26.9 Å². The molecule has 1 N–H and O–H groups in total. The summed E-state index contributed by atoms with van der Waals surface area (Å²) in [5.41, 5.74) is -0.563. The first-order chi connectivity index (χ1) is 16.0. The number of alkyl halides is 6. The van der Waals surface area contributed by atoms with E-state index < -0.39 is 30.3 Å². The molecule has 0 aliphatic carbocycles. The second-order valence-electron chi connectivity index (χ2n) is 7.05. The molecule has 2 heterocycles. The first-order valence-corrected chi connectivity index (χ1v) is 9.59.